The van der Waals surface area contributed by atoms with E-state index >= 15 is 0 Å². The first-order valence-electron chi connectivity index (χ1n) is 7.15. The molecule has 1 aliphatic rings. The summed E-state index contributed by atoms with van der Waals surface area (Å²) >= 11 is 5.64. The number of allylic oxidation sites excluding steroid dienone is 1. The van der Waals surface area contributed by atoms with Crippen molar-refractivity contribution < 1.29 is 18.7 Å². The number of hydrogen-bond acceptors (Lipinski definition) is 4. The number of rotatable bonds is 10. The summed E-state index contributed by atoms with van der Waals surface area (Å²) in [6.07, 6.45) is 9.97. The lowest BCUT2D eigenvalue weighted by molar-refractivity contribution is 0.0944. The molecule has 0 amide bonds. The average Bonchev–Trinajstić information content (AvgIpc) is 2.79. The molecule has 118 valence electrons. The molecule has 0 aromatic heterocycles. The molecule has 1 aliphatic carbocycles. The van der Waals surface area contributed by atoms with E-state index in [1.807, 2.05) is 6.08 Å². The van der Waals surface area contributed by atoms with Crippen molar-refractivity contribution in [2.45, 2.75) is 44.1 Å². The standard InChI is InChI=1S/C14H26ClO4P/c1-18-20(17,19-2)12-14(16)9-8-13(11-14)7-5-3-4-6-10-15/h8-9,13,16H,3-7,10-12H2,1-2H3/t13-,14-/m1/s1. The third-order valence-corrected chi connectivity index (χ3v) is 6.09. The number of aliphatic hydroxyl groups is 1. The third-order valence-electron chi connectivity index (χ3n) is 3.78. The monoisotopic (exact) mass is 324 g/mol. The molecule has 6 heteroatoms. The van der Waals surface area contributed by atoms with E-state index in [0.717, 1.165) is 31.6 Å². The molecule has 4 nitrogen and oxygen atoms in total. The first-order chi connectivity index (χ1) is 9.47. The van der Waals surface area contributed by atoms with Crippen molar-refractivity contribution in [3.63, 3.8) is 0 Å². The SMILES string of the molecule is COP(=O)(C[C@@]1(O)C=C[C@@H](CCCCCCCl)C1)OC. The Hall–Kier alpha value is 0.140. The lowest BCUT2D eigenvalue weighted by Crippen LogP contribution is -2.29. The van der Waals surface area contributed by atoms with Crippen molar-refractivity contribution in [3.05, 3.63) is 12.2 Å². The molecule has 1 N–H and O–H groups in total. The van der Waals surface area contributed by atoms with Crippen LogP contribution in [0.3, 0.4) is 0 Å². The Labute approximate surface area is 127 Å². The highest BCUT2D eigenvalue weighted by Gasteiger charge is 2.39. The molecule has 0 spiro atoms. The predicted molar refractivity (Wildman–Crippen MR) is 82.5 cm³/mol. The van der Waals surface area contributed by atoms with E-state index in [4.69, 9.17) is 20.6 Å². The summed E-state index contributed by atoms with van der Waals surface area (Å²) in [5.41, 5.74) is -1.07. The Balaban J connectivity index is 2.35. The van der Waals surface area contributed by atoms with E-state index in [-0.39, 0.29) is 6.16 Å². The van der Waals surface area contributed by atoms with Gasteiger partial charge in [0.25, 0.3) is 0 Å². The molecule has 0 heterocycles. The molecule has 2 atom stereocenters. The van der Waals surface area contributed by atoms with E-state index in [1.54, 1.807) is 6.08 Å². The second-order valence-corrected chi connectivity index (χ2v) is 8.10. The number of hydrogen-bond donors (Lipinski definition) is 1. The van der Waals surface area contributed by atoms with Crippen LogP contribution in [0.25, 0.3) is 0 Å². The van der Waals surface area contributed by atoms with Crippen LogP contribution in [0.4, 0.5) is 0 Å². The van der Waals surface area contributed by atoms with Crippen LogP contribution in [0.2, 0.25) is 0 Å². The molecule has 0 aliphatic heterocycles. The van der Waals surface area contributed by atoms with Crippen LogP contribution in [0.15, 0.2) is 12.2 Å². The Kier molecular flexibility index (Phi) is 7.78. The maximum Gasteiger partial charge on any atom is 0.333 e. The largest absolute Gasteiger partial charge is 0.385 e. The van der Waals surface area contributed by atoms with Gasteiger partial charge in [-0.1, -0.05) is 31.4 Å². The number of unbranched alkanes of at least 4 members (excludes halogenated alkanes) is 3. The fraction of sp³-hybridized carbons (Fsp3) is 0.857. The topological polar surface area (TPSA) is 55.8 Å². The highest BCUT2D eigenvalue weighted by atomic mass is 35.5. The molecule has 0 radical (unpaired) electrons. The fourth-order valence-electron chi connectivity index (χ4n) is 2.61. The van der Waals surface area contributed by atoms with Crippen molar-refractivity contribution in [2.75, 3.05) is 26.3 Å². The van der Waals surface area contributed by atoms with Gasteiger partial charge in [-0.15, -0.1) is 11.6 Å². The lowest BCUT2D eigenvalue weighted by Gasteiger charge is -2.25. The summed E-state index contributed by atoms with van der Waals surface area (Å²) in [5.74, 6) is 1.07. The number of halogens is 1. The zero-order chi connectivity index (χ0) is 15.1. The highest BCUT2D eigenvalue weighted by Crippen LogP contribution is 2.51. The third kappa shape index (κ3) is 5.87. The Bertz CT molecular complexity index is 353. The van der Waals surface area contributed by atoms with E-state index in [2.05, 4.69) is 0 Å². The van der Waals surface area contributed by atoms with Crippen molar-refractivity contribution in [2.24, 2.45) is 5.92 Å². The zero-order valence-electron chi connectivity index (χ0n) is 12.4. The first-order valence-corrected chi connectivity index (χ1v) is 9.41. The van der Waals surface area contributed by atoms with Crippen LogP contribution in [-0.2, 0) is 13.6 Å². The Morgan fingerprint density at radius 1 is 1.30 bits per heavy atom. The molecule has 20 heavy (non-hydrogen) atoms. The first kappa shape index (κ1) is 18.2. The van der Waals surface area contributed by atoms with Gasteiger partial charge < -0.3 is 14.2 Å². The van der Waals surface area contributed by atoms with Crippen molar-refractivity contribution in [3.8, 4) is 0 Å². The van der Waals surface area contributed by atoms with Gasteiger partial charge in [-0.3, -0.25) is 4.57 Å². The van der Waals surface area contributed by atoms with Crippen molar-refractivity contribution in [1.29, 1.82) is 0 Å². The minimum Gasteiger partial charge on any atom is -0.385 e. The second kappa shape index (κ2) is 8.55. The van der Waals surface area contributed by atoms with Crippen LogP contribution in [0, 0.1) is 5.92 Å². The molecule has 0 saturated carbocycles. The van der Waals surface area contributed by atoms with E-state index < -0.39 is 13.2 Å². The van der Waals surface area contributed by atoms with Gasteiger partial charge >= 0.3 is 7.60 Å². The van der Waals surface area contributed by atoms with Gasteiger partial charge in [0.05, 0.1) is 11.8 Å². The molecular formula is C14H26ClO4P. The Morgan fingerprint density at radius 3 is 2.55 bits per heavy atom. The summed E-state index contributed by atoms with van der Waals surface area (Å²) in [7, 11) is -0.483. The van der Waals surface area contributed by atoms with Gasteiger partial charge in [-0.2, -0.15) is 0 Å². The van der Waals surface area contributed by atoms with Crippen molar-refractivity contribution in [1.82, 2.24) is 0 Å². The predicted octanol–water partition coefficient (Wildman–Crippen LogP) is 3.97. The molecule has 0 unspecified atom stereocenters. The van der Waals surface area contributed by atoms with Gasteiger partial charge in [-0.25, -0.2) is 0 Å². The molecule has 0 bridgehead atoms. The fourth-order valence-corrected chi connectivity index (χ4v) is 4.12. The second-order valence-electron chi connectivity index (χ2n) is 5.45. The van der Waals surface area contributed by atoms with Gasteiger partial charge in [0.1, 0.15) is 0 Å². The highest BCUT2D eigenvalue weighted by molar-refractivity contribution is 7.53. The molecule has 0 aromatic carbocycles. The molecular weight excluding hydrogens is 299 g/mol. The van der Waals surface area contributed by atoms with Crippen LogP contribution >= 0.6 is 19.2 Å². The van der Waals surface area contributed by atoms with Gasteiger partial charge in [-0.05, 0) is 25.2 Å². The smallest absolute Gasteiger partial charge is 0.333 e. The normalized spacial score (nSPS) is 26.3. The van der Waals surface area contributed by atoms with E-state index in [1.165, 1.54) is 20.6 Å². The molecule has 1 rings (SSSR count). The summed E-state index contributed by atoms with van der Waals surface area (Å²) in [6, 6.07) is 0. The minimum absolute atomic E-state index is 0.0201. The van der Waals surface area contributed by atoms with Crippen LogP contribution in [0.5, 0.6) is 0 Å². The van der Waals surface area contributed by atoms with Gasteiger partial charge in [0.15, 0.2) is 0 Å². The van der Waals surface area contributed by atoms with Gasteiger partial charge in [0, 0.05) is 20.1 Å². The maximum atomic E-state index is 12.1. The number of alkyl halides is 1. The van der Waals surface area contributed by atoms with Gasteiger partial charge in [0.2, 0.25) is 0 Å². The van der Waals surface area contributed by atoms with E-state index in [9.17, 15) is 9.67 Å². The van der Waals surface area contributed by atoms with Crippen LogP contribution in [-0.4, -0.2) is 37.0 Å². The summed E-state index contributed by atoms with van der Waals surface area (Å²) in [5, 5.41) is 10.5. The molecule has 0 aromatic rings. The van der Waals surface area contributed by atoms with Crippen LogP contribution in [0.1, 0.15) is 38.5 Å². The van der Waals surface area contributed by atoms with Crippen molar-refractivity contribution >= 4 is 19.2 Å². The zero-order valence-corrected chi connectivity index (χ0v) is 14.0. The summed E-state index contributed by atoms with van der Waals surface area (Å²) in [4.78, 5) is 0. The molecule has 0 saturated heterocycles. The summed E-state index contributed by atoms with van der Waals surface area (Å²) < 4.78 is 21.9. The van der Waals surface area contributed by atoms with Crippen LogP contribution < -0.4 is 0 Å². The maximum absolute atomic E-state index is 12.1. The summed E-state index contributed by atoms with van der Waals surface area (Å²) in [6.45, 7) is 0. The average molecular weight is 325 g/mol. The molecule has 0 fully saturated rings. The lowest BCUT2D eigenvalue weighted by atomic mass is 9.96. The van der Waals surface area contributed by atoms with E-state index in [0.29, 0.717) is 12.3 Å². The Morgan fingerprint density at radius 2 is 1.95 bits per heavy atom. The minimum atomic E-state index is -3.18. The quantitative estimate of drug-likeness (QED) is 0.286.